The molecule has 0 saturated heterocycles. The van der Waals surface area contributed by atoms with Gasteiger partial charge >= 0.3 is 0 Å². The average Bonchev–Trinajstić information content (AvgIpc) is 1.95. The summed E-state index contributed by atoms with van der Waals surface area (Å²) in [6.07, 6.45) is 1.88. The van der Waals surface area contributed by atoms with E-state index in [2.05, 4.69) is 39.8 Å². The van der Waals surface area contributed by atoms with Crippen LogP contribution in [-0.4, -0.2) is 6.54 Å². The Balaban J connectivity index is 4.29. The Labute approximate surface area is 81.4 Å². The zero-order valence-electron chi connectivity index (χ0n) is 9.48. The lowest BCUT2D eigenvalue weighted by atomic mass is 9.85. The molecular weight excluding hydrogens is 162 g/mol. The lowest BCUT2D eigenvalue weighted by Crippen LogP contribution is -2.08. The molecule has 13 heavy (non-hydrogen) atoms. The molecule has 2 heteroatoms. The Bertz CT molecular complexity index is 195. The highest BCUT2D eigenvalue weighted by Crippen LogP contribution is 2.27. The van der Waals surface area contributed by atoms with Crippen LogP contribution in [0.4, 0.5) is 0 Å². The number of nitrogens with zero attached hydrogens (tertiary/aromatic N) is 1. The van der Waals surface area contributed by atoms with E-state index in [1.807, 2.05) is 0 Å². The number of hydrogen-bond acceptors (Lipinski definition) is 2. The summed E-state index contributed by atoms with van der Waals surface area (Å²) in [4.78, 5) is 10.0. The summed E-state index contributed by atoms with van der Waals surface area (Å²) < 4.78 is 0. The third-order valence-electron chi connectivity index (χ3n) is 1.96. The van der Waals surface area contributed by atoms with Crippen molar-refractivity contribution in [3.63, 3.8) is 0 Å². The van der Waals surface area contributed by atoms with Crippen LogP contribution in [0.15, 0.2) is 16.3 Å². The summed E-state index contributed by atoms with van der Waals surface area (Å²) in [7, 11) is 0. The van der Waals surface area contributed by atoms with Gasteiger partial charge in [0.25, 0.3) is 0 Å². The van der Waals surface area contributed by atoms with Crippen LogP contribution in [0.5, 0.6) is 0 Å². The lowest BCUT2D eigenvalue weighted by Gasteiger charge is -2.21. The van der Waals surface area contributed by atoms with Crippen molar-refractivity contribution in [2.75, 3.05) is 6.54 Å². The van der Waals surface area contributed by atoms with Crippen molar-refractivity contribution < 1.29 is 0 Å². The van der Waals surface area contributed by atoms with Crippen molar-refractivity contribution in [2.45, 2.75) is 47.5 Å². The van der Waals surface area contributed by atoms with Crippen molar-refractivity contribution >= 4 is 0 Å². The molecule has 0 unspecified atom stereocenters. The first kappa shape index (κ1) is 12.3. The molecule has 0 aromatic rings. The maximum absolute atomic E-state index is 10.0. The normalized spacial score (nSPS) is 11.2. The van der Waals surface area contributed by atoms with Gasteiger partial charge in [0.2, 0.25) is 0 Å². The molecular formula is C11H21NO. The fourth-order valence-electron chi connectivity index (χ4n) is 1.34. The quantitative estimate of drug-likeness (QED) is 0.480. The third-order valence-corrected chi connectivity index (χ3v) is 1.96. The lowest BCUT2D eigenvalue weighted by molar-refractivity contribution is 0.403. The zero-order valence-corrected chi connectivity index (χ0v) is 9.48. The van der Waals surface area contributed by atoms with Crippen LogP contribution >= 0.6 is 0 Å². The van der Waals surface area contributed by atoms with Crippen LogP contribution in [-0.2, 0) is 0 Å². The molecule has 0 bridgehead atoms. The zero-order chi connectivity index (χ0) is 10.5. The van der Waals surface area contributed by atoms with Gasteiger partial charge in [-0.1, -0.05) is 37.1 Å². The van der Waals surface area contributed by atoms with Crippen LogP contribution in [0.3, 0.4) is 0 Å². The molecule has 0 spiro atoms. The van der Waals surface area contributed by atoms with Gasteiger partial charge in [0.1, 0.15) is 0 Å². The predicted octanol–water partition coefficient (Wildman–Crippen LogP) is 3.92. The van der Waals surface area contributed by atoms with Crippen molar-refractivity contribution in [3.8, 4) is 0 Å². The van der Waals surface area contributed by atoms with Crippen LogP contribution in [0.25, 0.3) is 0 Å². The minimum atomic E-state index is 0.301. The Morgan fingerprint density at radius 1 is 1.23 bits per heavy atom. The fourth-order valence-corrected chi connectivity index (χ4v) is 1.34. The van der Waals surface area contributed by atoms with E-state index in [9.17, 15) is 4.91 Å². The molecule has 0 amide bonds. The predicted molar refractivity (Wildman–Crippen MR) is 57.7 cm³/mol. The van der Waals surface area contributed by atoms with Crippen LogP contribution in [0, 0.1) is 10.3 Å². The highest BCUT2D eigenvalue weighted by Gasteiger charge is 2.13. The topological polar surface area (TPSA) is 29.4 Å². The molecule has 0 saturated carbocycles. The molecule has 0 aliphatic heterocycles. The molecule has 0 radical (unpaired) electrons. The monoisotopic (exact) mass is 183 g/mol. The Kier molecular flexibility index (Phi) is 4.89. The van der Waals surface area contributed by atoms with Gasteiger partial charge in [-0.2, -0.15) is 4.91 Å². The van der Waals surface area contributed by atoms with Crippen LogP contribution in [0.1, 0.15) is 47.5 Å². The Hall–Kier alpha value is -0.660. The maximum atomic E-state index is 10.0. The first-order chi connectivity index (χ1) is 5.87. The number of hydrogen-bond donors (Lipinski definition) is 0. The number of rotatable bonds is 4. The molecule has 0 rings (SSSR count). The second kappa shape index (κ2) is 5.15. The molecule has 0 aromatic carbocycles. The van der Waals surface area contributed by atoms with E-state index in [0.29, 0.717) is 12.0 Å². The van der Waals surface area contributed by atoms with Gasteiger partial charge in [0, 0.05) is 0 Å². The fraction of sp³-hybridized carbons (Fsp3) is 0.818. The van der Waals surface area contributed by atoms with Crippen molar-refractivity contribution in [2.24, 2.45) is 10.6 Å². The van der Waals surface area contributed by atoms with Crippen molar-refractivity contribution in [3.05, 3.63) is 16.1 Å². The Morgan fingerprint density at radius 2 is 1.77 bits per heavy atom. The van der Waals surface area contributed by atoms with E-state index in [1.165, 1.54) is 11.1 Å². The van der Waals surface area contributed by atoms with E-state index in [4.69, 9.17) is 0 Å². The van der Waals surface area contributed by atoms with Gasteiger partial charge in [-0.15, -0.1) is 0 Å². The summed E-state index contributed by atoms with van der Waals surface area (Å²) in [5.74, 6) is 0. The van der Waals surface area contributed by atoms with Gasteiger partial charge in [0.05, 0.1) is 6.54 Å². The molecule has 0 aliphatic carbocycles. The number of nitroso groups, excluding NO2 is 1. The molecule has 0 fully saturated rings. The molecule has 0 N–H and O–H groups in total. The summed E-state index contributed by atoms with van der Waals surface area (Å²) in [5, 5.41) is 2.90. The summed E-state index contributed by atoms with van der Waals surface area (Å²) in [5.41, 5.74) is 3.01. The van der Waals surface area contributed by atoms with Crippen LogP contribution in [0.2, 0.25) is 0 Å². The first-order valence-electron chi connectivity index (χ1n) is 4.81. The van der Waals surface area contributed by atoms with E-state index in [0.717, 1.165) is 12.8 Å². The summed E-state index contributed by atoms with van der Waals surface area (Å²) >= 11 is 0. The maximum Gasteiger partial charge on any atom is 0.0848 e. The van der Waals surface area contributed by atoms with Crippen molar-refractivity contribution in [1.29, 1.82) is 0 Å². The minimum Gasteiger partial charge on any atom is -0.151 e. The second-order valence-electron chi connectivity index (χ2n) is 4.94. The summed E-state index contributed by atoms with van der Waals surface area (Å²) in [6.45, 7) is 11.3. The van der Waals surface area contributed by atoms with Gasteiger partial charge in [-0.3, -0.25) is 0 Å². The molecule has 2 nitrogen and oxygen atoms in total. The van der Waals surface area contributed by atoms with E-state index in [1.54, 1.807) is 0 Å². The highest BCUT2D eigenvalue weighted by molar-refractivity contribution is 5.11. The molecule has 0 aromatic heterocycles. The third kappa shape index (κ3) is 6.50. The average molecular weight is 183 g/mol. The van der Waals surface area contributed by atoms with Crippen LogP contribution < -0.4 is 0 Å². The van der Waals surface area contributed by atoms with E-state index in [-0.39, 0.29) is 0 Å². The van der Waals surface area contributed by atoms with E-state index >= 15 is 0 Å². The molecule has 0 atom stereocenters. The van der Waals surface area contributed by atoms with Crippen molar-refractivity contribution in [1.82, 2.24) is 0 Å². The SMILES string of the molecule is CC(C)=C(CCN=O)CC(C)(C)C. The van der Waals surface area contributed by atoms with E-state index < -0.39 is 0 Å². The second-order valence-corrected chi connectivity index (χ2v) is 4.94. The standard InChI is InChI=1S/C11H21NO/c1-9(2)10(6-7-12-13)8-11(3,4)5/h6-8H2,1-5H3. The minimum absolute atomic E-state index is 0.301. The van der Waals surface area contributed by atoms with Gasteiger partial charge in [-0.25, -0.2) is 0 Å². The first-order valence-corrected chi connectivity index (χ1v) is 4.81. The largest absolute Gasteiger partial charge is 0.151 e. The smallest absolute Gasteiger partial charge is 0.0848 e. The van der Waals surface area contributed by atoms with Gasteiger partial charge in [-0.05, 0) is 32.1 Å². The summed E-state index contributed by atoms with van der Waals surface area (Å²) in [6, 6.07) is 0. The Morgan fingerprint density at radius 3 is 2.08 bits per heavy atom. The van der Waals surface area contributed by atoms with Gasteiger partial charge in [0.15, 0.2) is 0 Å². The number of allylic oxidation sites excluding steroid dienone is 1. The van der Waals surface area contributed by atoms with Gasteiger partial charge < -0.3 is 0 Å². The molecule has 0 aliphatic rings. The highest BCUT2D eigenvalue weighted by atomic mass is 16.3. The molecule has 76 valence electrons. The molecule has 0 heterocycles.